The summed E-state index contributed by atoms with van der Waals surface area (Å²) in [6.07, 6.45) is 2.53. The molecule has 1 heterocycles. The number of benzene rings is 1. The second-order valence-electron chi connectivity index (χ2n) is 5.60. The second kappa shape index (κ2) is 4.54. The summed E-state index contributed by atoms with van der Waals surface area (Å²) in [5.74, 6) is -0.750. The lowest BCUT2D eigenvalue weighted by Crippen LogP contribution is -2.42. The van der Waals surface area contributed by atoms with Gasteiger partial charge in [-0.05, 0) is 43.0 Å². The SMILES string of the molecule is Cc1cc(F)ccc1C1(O)CCC2(CC1)OCCO2. The van der Waals surface area contributed by atoms with Crippen molar-refractivity contribution in [1.82, 2.24) is 0 Å². The fourth-order valence-electron chi connectivity index (χ4n) is 3.25. The first-order valence-corrected chi connectivity index (χ1v) is 6.80. The molecule has 0 aromatic heterocycles. The van der Waals surface area contributed by atoms with Crippen molar-refractivity contribution >= 4 is 0 Å². The van der Waals surface area contributed by atoms with Gasteiger partial charge in [0.1, 0.15) is 5.82 Å². The van der Waals surface area contributed by atoms with Crippen LogP contribution in [0, 0.1) is 12.7 Å². The molecule has 1 aromatic carbocycles. The van der Waals surface area contributed by atoms with Crippen LogP contribution in [-0.4, -0.2) is 24.1 Å². The van der Waals surface area contributed by atoms with Crippen molar-refractivity contribution in [2.45, 2.75) is 44.0 Å². The topological polar surface area (TPSA) is 38.7 Å². The van der Waals surface area contributed by atoms with Crippen molar-refractivity contribution in [3.63, 3.8) is 0 Å². The van der Waals surface area contributed by atoms with Gasteiger partial charge in [-0.15, -0.1) is 0 Å². The molecule has 2 fully saturated rings. The lowest BCUT2D eigenvalue weighted by molar-refractivity contribution is -0.204. The lowest BCUT2D eigenvalue weighted by Gasteiger charge is -2.41. The molecule has 0 amide bonds. The lowest BCUT2D eigenvalue weighted by atomic mass is 9.76. The number of aliphatic hydroxyl groups is 1. The first kappa shape index (κ1) is 13.0. The predicted molar refractivity (Wildman–Crippen MR) is 68.1 cm³/mol. The number of aryl methyl sites for hydroxylation is 1. The van der Waals surface area contributed by atoms with Crippen LogP contribution in [0.25, 0.3) is 0 Å². The molecule has 0 atom stereocenters. The summed E-state index contributed by atoms with van der Waals surface area (Å²) in [6.45, 7) is 3.10. The van der Waals surface area contributed by atoms with Gasteiger partial charge in [0, 0.05) is 12.8 Å². The third kappa shape index (κ3) is 2.29. The minimum absolute atomic E-state index is 0.264. The van der Waals surface area contributed by atoms with Crippen molar-refractivity contribution in [2.75, 3.05) is 13.2 Å². The van der Waals surface area contributed by atoms with Gasteiger partial charge in [0.25, 0.3) is 0 Å². The molecule has 1 aliphatic heterocycles. The number of hydrogen-bond donors (Lipinski definition) is 1. The van der Waals surface area contributed by atoms with Crippen molar-refractivity contribution in [3.05, 3.63) is 35.1 Å². The molecule has 1 saturated heterocycles. The quantitative estimate of drug-likeness (QED) is 0.849. The Hall–Kier alpha value is -0.970. The normalized spacial score (nSPS) is 24.8. The fraction of sp³-hybridized carbons (Fsp3) is 0.600. The van der Waals surface area contributed by atoms with Crippen LogP contribution in [0.3, 0.4) is 0 Å². The molecule has 1 aliphatic carbocycles. The molecule has 0 unspecified atom stereocenters. The Morgan fingerprint density at radius 3 is 2.32 bits per heavy atom. The van der Waals surface area contributed by atoms with Gasteiger partial charge in [-0.1, -0.05) is 6.07 Å². The molecule has 104 valence electrons. The zero-order valence-electron chi connectivity index (χ0n) is 11.1. The molecule has 0 radical (unpaired) electrons. The number of hydrogen-bond acceptors (Lipinski definition) is 3. The van der Waals surface area contributed by atoms with Gasteiger partial charge < -0.3 is 14.6 Å². The van der Waals surface area contributed by atoms with Gasteiger partial charge in [-0.25, -0.2) is 4.39 Å². The summed E-state index contributed by atoms with van der Waals surface area (Å²) in [5, 5.41) is 10.8. The molecule has 19 heavy (non-hydrogen) atoms. The van der Waals surface area contributed by atoms with Gasteiger partial charge in [0.05, 0.1) is 18.8 Å². The molecule has 1 aromatic rings. The van der Waals surface area contributed by atoms with Crippen molar-refractivity contribution in [1.29, 1.82) is 0 Å². The number of halogens is 1. The summed E-state index contributed by atoms with van der Waals surface area (Å²) in [7, 11) is 0. The van der Waals surface area contributed by atoms with Crippen LogP contribution < -0.4 is 0 Å². The monoisotopic (exact) mass is 266 g/mol. The van der Waals surface area contributed by atoms with E-state index in [-0.39, 0.29) is 5.82 Å². The van der Waals surface area contributed by atoms with Crippen LogP contribution >= 0.6 is 0 Å². The third-order valence-electron chi connectivity index (χ3n) is 4.34. The van der Waals surface area contributed by atoms with Crippen LogP contribution in [0.5, 0.6) is 0 Å². The Labute approximate surface area is 112 Å². The van der Waals surface area contributed by atoms with Crippen molar-refractivity contribution < 1.29 is 19.0 Å². The molecular weight excluding hydrogens is 247 g/mol. The summed E-state index contributed by atoms with van der Waals surface area (Å²) < 4.78 is 24.5. The molecule has 0 bridgehead atoms. The highest BCUT2D eigenvalue weighted by atomic mass is 19.1. The molecule has 3 rings (SSSR count). The zero-order valence-corrected chi connectivity index (χ0v) is 11.1. The Morgan fingerprint density at radius 1 is 1.11 bits per heavy atom. The van der Waals surface area contributed by atoms with Gasteiger partial charge >= 0.3 is 0 Å². The molecular formula is C15H19FO3. The van der Waals surface area contributed by atoms with E-state index in [9.17, 15) is 9.50 Å². The maximum absolute atomic E-state index is 13.2. The number of ether oxygens (including phenoxy) is 2. The van der Waals surface area contributed by atoms with Crippen LogP contribution in [-0.2, 0) is 15.1 Å². The molecule has 3 nitrogen and oxygen atoms in total. The Balaban J connectivity index is 1.81. The van der Waals surface area contributed by atoms with E-state index in [4.69, 9.17) is 9.47 Å². The van der Waals surface area contributed by atoms with Gasteiger partial charge in [0.2, 0.25) is 0 Å². The Bertz CT molecular complexity index is 470. The summed E-state index contributed by atoms with van der Waals surface area (Å²) in [4.78, 5) is 0. The zero-order chi connectivity index (χ0) is 13.5. The highest BCUT2D eigenvalue weighted by Crippen LogP contribution is 2.45. The first-order valence-electron chi connectivity index (χ1n) is 6.80. The van der Waals surface area contributed by atoms with E-state index < -0.39 is 11.4 Å². The van der Waals surface area contributed by atoms with Crippen LogP contribution in [0.1, 0.15) is 36.8 Å². The van der Waals surface area contributed by atoms with Gasteiger partial charge in [-0.2, -0.15) is 0 Å². The van der Waals surface area contributed by atoms with Crippen LogP contribution in [0.2, 0.25) is 0 Å². The number of rotatable bonds is 1. The van der Waals surface area contributed by atoms with E-state index in [1.165, 1.54) is 12.1 Å². The average Bonchev–Trinajstić information content (AvgIpc) is 2.82. The predicted octanol–water partition coefficient (Wildman–Crippen LogP) is 2.64. The molecule has 1 saturated carbocycles. The molecule has 2 aliphatic rings. The van der Waals surface area contributed by atoms with Crippen LogP contribution in [0.15, 0.2) is 18.2 Å². The molecule has 1 N–H and O–H groups in total. The summed E-state index contributed by atoms with van der Waals surface area (Å²) >= 11 is 0. The van der Waals surface area contributed by atoms with Gasteiger partial charge in [-0.3, -0.25) is 0 Å². The highest BCUT2D eigenvalue weighted by molar-refractivity contribution is 5.32. The highest BCUT2D eigenvalue weighted by Gasteiger charge is 2.46. The Kier molecular flexibility index (Phi) is 3.12. The maximum atomic E-state index is 13.2. The minimum atomic E-state index is -0.891. The second-order valence-corrected chi connectivity index (χ2v) is 5.60. The van der Waals surface area contributed by atoms with Crippen LogP contribution in [0.4, 0.5) is 4.39 Å². The van der Waals surface area contributed by atoms with E-state index in [0.717, 1.165) is 11.1 Å². The molecule has 1 spiro atoms. The smallest absolute Gasteiger partial charge is 0.168 e. The first-order chi connectivity index (χ1) is 9.03. The van der Waals surface area contributed by atoms with Gasteiger partial charge in [0.15, 0.2) is 5.79 Å². The van der Waals surface area contributed by atoms with Crippen molar-refractivity contribution in [2.24, 2.45) is 0 Å². The standard InChI is InChI=1S/C15H19FO3/c1-11-10-12(16)2-3-13(11)14(17)4-6-15(7-5-14)18-8-9-19-15/h2-3,10,17H,4-9H2,1H3. The minimum Gasteiger partial charge on any atom is -0.385 e. The third-order valence-corrected chi connectivity index (χ3v) is 4.34. The summed E-state index contributed by atoms with van der Waals surface area (Å²) in [5.41, 5.74) is 0.728. The Morgan fingerprint density at radius 2 is 1.74 bits per heavy atom. The van der Waals surface area contributed by atoms with E-state index in [1.807, 2.05) is 6.92 Å². The fourth-order valence-corrected chi connectivity index (χ4v) is 3.25. The average molecular weight is 266 g/mol. The van der Waals surface area contributed by atoms with E-state index in [2.05, 4.69) is 0 Å². The van der Waals surface area contributed by atoms with E-state index >= 15 is 0 Å². The largest absolute Gasteiger partial charge is 0.385 e. The maximum Gasteiger partial charge on any atom is 0.168 e. The molecule has 4 heteroatoms. The summed E-state index contributed by atoms with van der Waals surface area (Å²) in [6, 6.07) is 4.58. The van der Waals surface area contributed by atoms with E-state index in [0.29, 0.717) is 38.9 Å². The van der Waals surface area contributed by atoms with E-state index in [1.54, 1.807) is 6.07 Å². The van der Waals surface area contributed by atoms with Crippen molar-refractivity contribution in [3.8, 4) is 0 Å².